The van der Waals surface area contributed by atoms with E-state index in [2.05, 4.69) is 17.2 Å². The lowest BCUT2D eigenvalue weighted by Crippen LogP contribution is -2.16. The summed E-state index contributed by atoms with van der Waals surface area (Å²) in [6.45, 7) is 4.13. The van der Waals surface area contributed by atoms with E-state index < -0.39 is 0 Å². The summed E-state index contributed by atoms with van der Waals surface area (Å²) in [5, 5.41) is 3.02. The van der Waals surface area contributed by atoms with Crippen molar-refractivity contribution in [3.8, 4) is 0 Å². The highest BCUT2D eigenvalue weighted by molar-refractivity contribution is 5.36. The topological polar surface area (TPSA) is 24.9 Å². The van der Waals surface area contributed by atoms with Crippen molar-refractivity contribution in [1.29, 1.82) is 0 Å². The highest BCUT2D eigenvalue weighted by Gasteiger charge is 2.05. The van der Waals surface area contributed by atoms with Crippen LogP contribution < -0.4 is 5.32 Å². The first-order chi connectivity index (χ1) is 6.24. The molecule has 0 aliphatic carbocycles. The number of anilines is 1. The van der Waals surface area contributed by atoms with Crippen molar-refractivity contribution in [2.45, 2.75) is 32.7 Å². The number of halogens is 1. The third-order valence-electron chi connectivity index (χ3n) is 1.86. The van der Waals surface area contributed by atoms with Crippen molar-refractivity contribution < 1.29 is 4.39 Å². The number of nitrogens with zero attached hydrogens (tertiary/aromatic N) is 1. The Labute approximate surface area is 78.2 Å². The Morgan fingerprint density at radius 3 is 3.00 bits per heavy atom. The molecule has 0 saturated carbocycles. The molecule has 0 bridgehead atoms. The van der Waals surface area contributed by atoms with Gasteiger partial charge in [0.05, 0.1) is 0 Å². The Kier molecular flexibility index (Phi) is 3.68. The Morgan fingerprint density at radius 2 is 2.38 bits per heavy atom. The maximum absolute atomic E-state index is 13.1. The standard InChI is InChI=1S/C10H15FN2/c1-3-5-8(2)13-10-9(11)6-4-7-12-10/h4,6-8H,3,5H2,1-2H3,(H,12,13). The van der Waals surface area contributed by atoms with Gasteiger partial charge in [0.1, 0.15) is 0 Å². The summed E-state index contributed by atoms with van der Waals surface area (Å²) in [6, 6.07) is 3.27. The first-order valence-corrected chi connectivity index (χ1v) is 4.61. The molecular weight excluding hydrogens is 167 g/mol. The Morgan fingerprint density at radius 1 is 1.62 bits per heavy atom. The monoisotopic (exact) mass is 182 g/mol. The summed E-state index contributed by atoms with van der Waals surface area (Å²) >= 11 is 0. The van der Waals surface area contributed by atoms with Gasteiger partial charge in [-0.25, -0.2) is 9.37 Å². The van der Waals surface area contributed by atoms with Gasteiger partial charge in [0, 0.05) is 12.2 Å². The van der Waals surface area contributed by atoms with Gasteiger partial charge in [-0.1, -0.05) is 13.3 Å². The van der Waals surface area contributed by atoms with Gasteiger partial charge in [-0.05, 0) is 25.5 Å². The lowest BCUT2D eigenvalue weighted by atomic mass is 10.2. The van der Waals surface area contributed by atoms with E-state index in [1.807, 2.05) is 6.92 Å². The molecule has 1 aromatic rings. The zero-order valence-electron chi connectivity index (χ0n) is 8.05. The molecule has 13 heavy (non-hydrogen) atoms. The molecule has 0 saturated heterocycles. The van der Waals surface area contributed by atoms with Crippen molar-refractivity contribution in [2.24, 2.45) is 0 Å². The molecule has 0 radical (unpaired) electrons. The SMILES string of the molecule is CCCC(C)Nc1ncccc1F. The zero-order chi connectivity index (χ0) is 9.68. The third-order valence-corrected chi connectivity index (χ3v) is 1.86. The van der Waals surface area contributed by atoms with Gasteiger partial charge in [0.25, 0.3) is 0 Å². The smallest absolute Gasteiger partial charge is 0.165 e. The van der Waals surface area contributed by atoms with E-state index >= 15 is 0 Å². The van der Waals surface area contributed by atoms with Crippen molar-refractivity contribution in [3.63, 3.8) is 0 Å². The fourth-order valence-corrected chi connectivity index (χ4v) is 1.23. The average molecular weight is 182 g/mol. The molecule has 1 unspecified atom stereocenters. The van der Waals surface area contributed by atoms with E-state index in [1.165, 1.54) is 6.07 Å². The minimum Gasteiger partial charge on any atom is -0.365 e. The fraction of sp³-hybridized carbons (Fsp3) is 0.500. The minimum absolute atomic E-state index is 0.273. The summed E-state index contributed by atoms with van der Waals surface area (Å²) in [4.78, 5) is 3.91. The van der Waals surface area contributed by atoms with Crippen molar-refractivity contribution in [1.82, 2.24) is 4.98 Å². The van der Waals surface area contributed by atoms with Gasteiger partial charge >= 0.3 is 0 Å². The molecule has 0 aliphatic rings. The summed E-state index contributed by atoms with van der Waals surface area (Å²) in [5.74, 6) is 0.0638. The van der Waals surface area contributed by atoms with Crippen LogP contribution in [0.1, 0.15) is 26.7 Å². The molecule has 0 spiro atoms. The minimum atomic E-state index is -0.287. The number of nitrogens with one attached hydrogen (secondary N) is 1. The summed E-state index contributed by atoms with van der Waals surface area (Å²) in [6.07, 6.45) is 3.70. The molecule has 1 rings (SSSR count). The summed E-state index contributed by atoms with van der Waals surface area (Å²) < 4.78 is 13.1. The predicted octanol–water partition coefficient (Wildman–Crippen LogP) is 2.82. The molecule has 1 N–H and O–H groups in total. The molecule has 1 heterocycles. The second kappa shape index (κ2) is 4.80. The van der Waals surface area contributed by atoms with E-state index in [9.17, 15) is 4.39 Å². The van der Waals surface area contributed by atoms with Crippen LogP contribution in [0.3, 0.4) is 0 Å². The normalized spacial score (nSPS) is 12.5. The summed E-state index contributed by atoms with van der Waals surface area (Å²) in [5.41, 5.74) is 0. The number of pyridine rings is 1. The van der Waals surface area contributed by atoms with Crippen LogP contribution in [0.2, 0.25) is 0 Å². The van der Waals surface area contributed by atoms with Crippen molar-refractivity contribution >= 4 is 5.82 Å². The van der Waals surface area contributed by atoms with E-state index in [0.29, 0.717) is 5.82 Å². The quantitative estimate of drug-likeness (QED) is 0.774. The van der Waals surface area contributed by atoms with Gasteiger partial charge in [-0.2, -0.15) is 0 Å². The molecule has 3 heteroatoms. The average Bonchev–Trinajstić information content (AvgIpc) is 2.09. The van der Waals surface area contributed by atoms with Gasteiger partial charge < -0.3 is 5.32 Å². The molecule has 72 valence electrons. The van der Waals surface area contributed by atoms with Crippen molar-refractivity contribution in [2.75, 3.05) is 5.32 Å². The van der Waals surface area contributed by atoms with Crippen LogP contribution in [0.15, 0.2) is 18.3 Å². The highest BCUT2D eigenvalue weighted by atomic mass is 19.1. The molecule has 0 aliphatic heterocycles. The molecular formula is C10H15FN2. The number of aromatic nitrogens is 1. The first-order valence-electron chi connectivity index (χ1n) is 4.61. The Bertz CT molecular complexity index is 263. The molecule has 0 fully saturated rings. The highest BCUT2D eigenvalue weighted by Crippen LogP contribution is 2.11. The maximum Gasteiger partial charge on any atom is 0.165 e. The molecule has 0 amide bonds. The Balaban J connectivity index is 2.58. The third kappa shape index (κ3) is 3.01. The second-order valence-corrected chi connectivity index (χ2v) is 3.17. The van der Waals surface area contributed by atoms with Crippen LogP contribution in [0.5, 0.6) is 0 Å². The molecule has 1 aromatic heterocycles. The number of hydrogen-bond donors (Lipinski definition) is 1. The van der Waals surface area contributed by atoms with Crippen LogP contribution in [0.25, 0.3) is 0 Å². The first kappa shape index (κ1) is 9.96. The second-order valence-electron chi connectivity index (χ2n) is 3.17. The van der Waals surface area contributed by atoms with Gasteiger partial charge in [-0.3, -0.25) is 0 Å². The zero-order valence-corrected chi connectivity index (χ0v) is 8.05. The van der Waals surface area contributed by atoms with Crippen molar-refractivity contribution in [3.05, 3.63) is 24.1 Å². The van der Waals surface area contributed by atoms with Gasteiger partial charge in [-0.15, -0.1) is 0 Å². The molecule has 2 nitrogen and oxygen atoms in total. The summed E-state index contributed by atoms with van der Waals surface area (Å²) in [7, 11) is 0. The molecule has 1 atom stereocenters. The number of hydrogen-bond acceptors (Lipinski definition) is 2. The Hall–Kier alpha value is -1.12. The fourth-order valence-electron chi connectivity index (χ4n) is 1.23. The maximum atomic E-state index is 13.1. The van der Waals surface area contributed by atoms with Crippen LogP contribution in [0.4, 0.5) is 10.2 Å². The van der Waals surface area contributed by atoms with E-state index in [1.54, 1.807) is 12.3 Å². The van der Waals surface area contributed by atoms with Gasteiger partial charge in [0.2, 0.25) is 0 Å². The largest absolute Gasteiger partial charge is 0.365 e. The van der Waals surface area contributed by atoms with Crippen LogP contribution >= 0.6 is 0 Å². The van der Waals surface area contributed by atoms with Crippen LogP contribution in [-0.4, -0.2) is 11.0 Å². The lowest BCUT2D eigenvalue weighted by Gasteiger charge is -2.13. The predicted molar refractivity (Wildman–Crippen MR) is 52.2 cm³/mol. The van der Waals surface area contributed by atoms with E-state index in [0.717, 1.165) is 12.8 Å². The van der Waals surface area contributed by atoms with Gasteiger partial charge in [0.15, 0.2) is 11.6 Å². The number of rotatable bonds is 4. The lowest BCUT2D eigenvalue weighted by molar-refractivity contribution is 0.613. The van der Waals surface area contributed by atoms with E-state index in [-0.39, 0.29) is 11.9 Å². The van der Waals surface area contributed by atoms with Crippen LogP contribution in [-0.2, 0) is 0 Å². The van der Waals surface area contributed by atoms with Crippen LogP contribution in [0, 0.1) is 5.82 Å². The molecule has 0 aromatic carbocycles. The van der Waals surface area contributed by atoms with E-state index in [4.69, 9.17) is 0 Å².